The highest BCUT2D eigenvalue weighted by molar-refractivity contribution is 5.82. The molecule has 0 spiro atoms. The van der Waals surface area contributed by atoms with E-state index in [9.17, 15) is 4.79 Å². The molecular formula is C12H22N2O2. The fourth-order valence-electron chi connectivity index (χ4n) is 2.42. The summed E-state index contributed by atoms with van der Waals surface area (Å²) < 4.78 is 0. The molecule has 2 N–H and O–H groups in total. The Labute approximate surface area is 97.3 Å². The third-order valence-electron chi connectivity index (χ3n) is 3.48. The van der Waals surface area contributed by atoms with Crippen molar-refractivity contribution < 1.29 is 9.90 Å². The van der Waals surface area contributed by atoms with Gasteiger partial charge in [-0.1, -0.05) is 13.3 Å². The molecule has 0 aromatic heterocycles. The zero-order valence-electron chi connectivity index (χ0n) is 10.4. The van der Waals surface area contributed by atoms with Crippen molar-refractivity contribution in [3.8, 4) is 0 Å². The van der Waals surface area contributed by atoms with Crippen LogP contribution in [0.3, 0.4) is 0 Å². The van der Waals surface area contributed by atoms with Gasteiger partial charge in [0.2, 0.25) is 5.91 Å². The molecule has 0 saturated carbocycles. The number of rotatable bonds is 4. The maximum absolute atomic E-state index is 12.1. The van der Waals surface area contributed by atoms with Gasteiger partial charge in [0.1, 0.15) is 6.04 Å². The minimum absolute atomic E-state index is 0.0404. The molecule has 4 heteroatoms. The van der Waals surface area contributed by atoms with Crippen molar-refractivity contribution in [3.05, 3.63) is 12.5 Å². The van der Waals surface area contributed by atoms with Crippen molar-refractivity contribution in [2.75, 3.05) is 6.54 Å². The predicted molar refractivity (Wildman–Crippen MR) is 63.9 cm³/mol. The number of likely N-dealkylation sites (tertiary alicyclic amines) is 1. The van der Waals surface area contributed by atoms with Crippen LogP contribution in [0, 0.1) is 5.92 Å². The molecule has 0 aliphatic carbocycles. The third kappa shape index (κ3) is 2.68. The number of aliphatic hydroxyl groups excluding tert-OH is 1. The summed E-state index contributed by atoms with van der Waals surface area (Å²) in [5, 5.41) is 11.6. The summed E-state index contributed by atoms with van der Waals surface area (Å²) in [4.78, 5) is 14.0. The Kier molecular flexibility index (Phi) is 4.21. The molecule has 1 aliphatic heterocycles. The average molecular weight is 226 g/mol. The lowest BCUT2D eigenvalue weighted by atomic mass is 9.99. The number of amides is 1. The molecule has 3 atom stereocenters. The van der Waals surface area contributed by atoms with Crippen molar-refractivity contribution in [3.63, 3.8) is 0 Å². The molecule has 0 radical (unpaired) electrons. The maximum Gasteiger partial charge on any atom is 0.245 e. The molecule has 16 heavy (non-hydrogen) atoms. The first kappa shape index (κ1) is 12.9. The quantitative estimate of drug-likeness (QED) is 0.717. The number of nitrogens with zero attached hydrogens (tertiary/aromatic N) is 1. The van der Waals surface area contributed by atoms with Crippen molar-refractivity contribution in [1.82, 2.24) is 10.2 Å². The lowest BCUT2D eigenvalue weighted by molar-refractivity contribution is -0.133. The van der Waals surface area contributed by atoms with Crippen LogP contribution < -0.4 is 5.32 Å². The van der Waals surface area contributed by atoms with E-state index in [2.05, 4.69) is 25.7 Å². The standard InChI is InChI=1S/C12H22N2O2/c1-5-11-6-7-14(9(11)3)12(16)8(2)13-10(4)15/h8-9,11,13,15H,4-7H2,1-3H3/t8-,9+,11+/m0/s1. The summed E-state index contributed by atoms with van der Waals surface area (Å²) in [6.45, 7) is 10.2. The summed E-state index contributed by atoms with van der Waals surface area (Å²) in [6.07, 6.45) is 2.19. The van der Waals surface area contributed by atoms with E-state index in [4.69, 9.17) is 5.11 Å². The van der Waals surface area contributed by atoms with Crippen LogP contribution in [-0.4, -0.2) is 34.5 Å². The van der Waals surface area contributed by atoms with Crippen molar-refractivity contribution in [1.29, 1.82) is 0 Å². The van der Waals surface area contributed by atoms with E-state index < -0.39 is 6.04 Å². The van der Waals surface area contributed by atoms with Gasteiger partial charge in [-0.05, 0) is 32.8 Å². The number of carbonyl (C=O) groups excluding carboxylic acids is 1. The van der Waals surface area contributed by atoms with Crippen LogP contribution in [0.15, 0.2) is 12.5 Å². The number of hydrogen-bond donors (Lipinski definition) is 2. The first-order chi connectivity index (χ1) is 7.47. The molecule has 0 aromatic rings. The number of aliphatic hydroxyl groups is 1. The van der Waals surface area contributed by atoms with Crippen LogP contribution in [0.2, 0.25) is 0 Å². The van der Waals surface area contributed by atoms with Gasteiger partial charge in [-0.25, -0.2) is 0 Å². The molecule has 1 rings (SSSR count). The summed E-state index contributed by atoms with van der Waals surface area (Å²) in [7, 11) is 0. The molecule has 1 fully saturated rings. The Morgan fingerprint density at radius 1 is 1.69 bits per heavy atom. The lowest BCUT2D eigenvalue weighted by Crippen LogP contribution is -2.46. The molecule has 4 nitrogen and oxygen atoms in total. The summed E-state index contributed by atoms with van der Waals surface area (Å²) >= 11 is 0. The van der Waals surface area contributed by atoms with Gasteiger partial charge in [0.05, 0.1) is 0 Å². The van der Waals surface area contributed by atoms with E-state index in [1.807, 2.05) is 4.90 Å². The fraction of sp³-hybridized carbons (Fsp3) is 0.750. The van der Waals surface area contributed by atoms with Gasteiger partial charge in [-0.15, -0.1) is 0 Å². The molecule has 1 heterocycles. The summed E-state index contributed by atoms with van der Waals surface area (Å²) in [5.74, 6) is 0.492. The van der Waals surface area contributed by atoms with Crippen molar-refractivity contribution >= 4 is 5.91 Å². The predicted octanol–water partition coefficient (Wildman–Crippen LogP) is 1.64. The van der Waals surface area contributed by atoms with Gasteiger partial charge in [-0.2, -0.15) is 0 Å². The molecule has 92 valence electrons. The van der Waals surface area contributed by atoms with E-state index >= 15 is 0 Å². The molecule has 0 aromatic carbocycles. The topological polar surface area (TPSA) is 52.6 Å². The second-order valence-electron chi connectivity index (χ2n) is 4.54. The van der Waals surface area contributed by atoms with E-state index in [1.165, 1.54) is 0 Å². The highest BCUT2D eigenvalue weighted by Gasteiger charge is 2.34. The Morgan fingerprint density at radius 3 is 2.75 bits per heavy atom. The Balaban J connectivity index is 2.58. The largest absolute Gasteiger partial charge is 0.495 e. The smallest absolute Gasteiger partial charge is 0.245 e. The molecule has 0 bridgehead atoms. The van der Waals surface area contributed by atoms with Gasteiger partial charge < -0.3 is 15.3 Å². The average Bonchev–Trinajstić information content (AvgIpc) is 2.57. The van der Waals surface area contributed by atoms with Crippen LogP contribution >= 0.6 is 0 Å². The van der Waals surface area contributed by atoms with E-state index in [-0.39, 0.29) is 11.8 Å². The van der Waals surface area contributed by atoms with Gasteiger partial charge in [-0.3, -0.25) is 4.79 Å². The van der Waals surface area contributed by atoms with Gasteiger partial charge in [0.25, 0.3) is 0 Å². The van der Waals surface area contributed by atoms with Crippen molar-refractivity contribution in [2.24, 2.45) is 5.92 Å². The molecule has 1 saturated heterocycles. The zero-order chi connectivity index (χ0) is 12.3. The first-order valence-electron chi connectivity index (χ1n) is 5.92. The van der Waals surface area contributed by atoms with E-state index in [0.717, 1.165) is 19.4 Å². The van der Waals surface area contributed by atoms with Gasteiger partial charge >= 0.3 is 0 Å². The Hall–Kier alpha value is -1.19. The Morgan fingerprint density at radius 2 is 2.31 bits per heavy atom. The van der Waals surface area contributed by atoms with Crippen LogP contribution in [-0.2, 0) is 4.79 Å². The van der Waals surface area contributed by atoms with Crippen LogP contribution in [0.1, 0.15) is 33.6 Å². The summed E-state index contributed by atoms with van der Waals surface area (Å²) in [5.41, 5.74) is 0. The highest BCUT2D eigenvalue weighted by atomic mass is 16.3. The Bertz CT molecular complexity index is 278. The normalized spacial score (nSPS) is 26.6. The van der Waals surface area contributed by atoms with Crippen LogP contribution in [0.4, 0.5) is 0 Å². The number of nitrogens with one attached hydrogen (secondary N) is 1. The maximum atomic E-state index is 12.1. The summed E-state index contributed by atoms with van der Waals surface area (Å²) in [6, 6.07) is -0.107. The SMILES string of the molecule is C=C(O)N[C@@H](C)C(=O)N1CC[C@@H](CC)[C@H]1C. The minimum atomic E-state index is -0.407. The number of hydrogen-bond acceptors (Lipinski definition) is 3. The second kappa shape index (κ2) is 5.23. The van der Waals surface area contributed by atoms with Crippen molar-refractivity contribution in [2.45, 2.75) is 45.7 Å². The third-order valence-corrected chi connectivity index (χ3v) is 3.48. The highest BCUT2D eigenvalue weighted by Crippen LogP contribution is 2.26. The van der Waals surface area contributed by atoms with Gasteiger partial charge in [0.15, 0.2) is 5.88 Å². The second-order valence-corrected chi connectivity index (χ2v) is 4.54. The molecule has 1 aliphatic rings. The lowest BCUT2D eigenvalue weighted by Gasteiger charge is -2.27. The molecular weight excluding hydrogens is 204 g/mol. The van der Waals surface area contributed by atoms with E-state index in [1.54, 1.807) is 6.92 Å². The van der Waals surface area contributed by atoms with E-state index in [0.29, 0.717) is 12.0 Å². The monoisotopic (exact) mass is 226 g/mol. The van der Waals surface area contributed by atoms with Crippen LogP contribution in [0.25, 0.3) is 0 Å². The fourth-order valence-corrected chi connectivity index (χ4v) is 2.42. The van der Waals surface area contributed by atoms with Gasteiger partial charge in [0, 0.05) is 12.6 Å². The molecule has 0 unspecified atom stereocenters. The van der Waals surface area contributed by atoms with Crippen LogP contribution in [0.5, 0.6) is 0 Å². The number of carbonyl (C=O) groups is 1. The molecule has 1 amide bonds. The first-order valence-corrected chi connectivity index (χ1v) is 5.92. The zero-order valence-corrected chi connectivity index (χ0v) is 10.4. The minimum Gasteiger partial charge on any atom is -0.495 e.